The van der Waals surface area contributed by atoms with E-state index in [1.54, 1.807) is 0 Å². The molecule has 1 fully saturated rings. The van der Waals surface area contributed by atoms with E-state index in [0.29, 0.717) is 0 Å². The number of nitriles is 1. The Morgan fingerprint density at radius 3 is 2.67 bits per heavy atom. The Hall–Kier alpha value is -0.200. The van der Waals surface area contributed by atoms with Gasteiger partial charge in [0, 0.05) is 5.75 Å². The maximum Gasteiger partial charge on any atom is 0.133 e. The third kappa shape index (κ3) is 3.99. The number of rotatable bonds is 5. The molecule has 1 aliphatic heterocycles. The van der Waals surface area contributed by atoms with Crippen molar-refractivity contribution >= 4 is 11.8 Å². The summed E-state index contributed by atoms with van der Waals surface area (Å²) in [6.45, 7) is 3.84. The zero-order valence-electron chi connectivity index (χ0n) is 7.46. The van der Waals surface area contributed by atoms with Crippen LogP contribution in [-0.4, -0.2) is 30.3 Å². The van der Waals surface area contributed by atoms with Gasteiger partial charge in [0.1, 0.15) is 5.40 Å². The highest BCUT2D eigenvalue weighted by atomic mass is 32.2. The van der Waals surface area contributed by atoms with Gasteiger partial charge < -0.3 is 4.90 Å². The third-order valence-corrected chi connectivity index (χ3v) is 2.86. The van der Waals surface area contributed by atoms with E-state index in [-0.39, 0.29) is 0 Å². The lowest BCUT2D eigenvalue weighted by molar-refractivity contribution is 0.333. The van der Waals surface area contributed by atoms with Crippen LogP contribution in [0.1, 0.15) is 25.7 Å². The minimum Gasteiger partial charge on any atom is -0.303 e. The molecule has 12 heavy (non-hydrogen) atoms. The number of thioether (sulfide) groups is 1. The van der Waals surface area contributed by atoms with E-state index in [1.807, 2.05) is 0 Å². The van der Waals surface area contributed by atoms with Gasteiger partial charge in [-0.2, -0.15) is 5.26 Å². The van der Waals surface area contributed by atoms with E-state index >= 15 is 0 Å². The third-order valence-electron chi connectivity index (χ3n) is 2.23. The lowest BCUT2D eigenvalue weighted by Gasteiger charge is -2.13. The van der Waals surface area contributed by atoms with Crippen molar-refractivity contribution in [3.8, 4) is 5.40 Å². The fourth-order valence-corrected chi connectivity index (χ4v) is 2.00. The predicted octanol–water partition coefficient (Wildman–Crippen LogP) is 2.08. The molecule has 0 aliphatic carbocycles. The van der Waals surface area contributed by atoms with Gasteiger partial charge in [0.05, 0.1) is 0 Å². The molecule has 2 nitrogen and oxygen atoms in total. The van der Waals surface area contributed by atoms with Gasteiger partial charge in [-0.15, -0.1) is 0 Å². The van der Waals surface area contributed by atoms with Crippen LogP contribution in [0.15, 0.2) is 0 Å². The van der Waals surface area contributed by atoms with Gasteiger partial charge in [-0.25, -0.2) is 0 Å². The molecule has 0 atom stereocenters. The van der Waals surface area contributed by atoms with Crippen LogP contribution in [0.25, 0.3) is 0 Å². The monoisotopic (exact) mass is 184 g/mol. The quantitative estimate of drug-likeness (QED) is 0.483. The standard InChI is InChI=1S/C9H16N2S/c10-9-12-8-4-3-7-11-5-1-2-6-11/h1-8H2. The Morgan fingerprint density at radius 2 is 2.00 bits per heavy atom. The van der Waals surface area contributed by atoms with Gasteiger partial charge in [-0.1, -0.05) is 0 Å². The maximum atomic E-state index is 8.28. The molecule has 0 spiro atoms. The first kappa shape index (κ1) is 9.88. The summed E-state index contributed by atoms with van der Waals surface area (Å²) in [6, 6.07) is 0. The van der Waals surface area contributed by atoms with Gasteiger partial charge in [0.25, 0.3) is 0 Å². The van der Waals surface area contributed by atoms with Crippen LogP contribution in [0.4, 0.5) is 0 Å². The highest BCUT2D eigenvalue weighted by Crippen LogP contribution is 2.09. The van der Waals surface area contributed by atoms with Crippen molar-refractivity contribution in [2.75, 3.05) is 25.4 Å². The average Bonchev–Trinajstić information content (AvgIpc) is 2.57. The first-order valence-corrected chi connectivity index (χ1v) is 5.65. The second-order valence-electron chi connectivity index (χ2n) is 3.20. The highest BCUT2D eigenvalue weighted by Gasteiger charge is 2.09. The topological polar surface area (TPSA) is 27.0 Å². The molecule has 1 rings (SSSR count). The molecule has 0 aromatic heterocycles. The molecule has 1 aliphatic rings. The fourth-order valence-electron chi connectivity index (χ4n) is 1.56. The SMILES string of the molecule is N#CSCCCCN1CCCC1. The van der Waals surface area contributed by atoms with Crippen molar-refractivity contribution in [3.63, 3.8) is 0 Å². The summed E-state index contributed by atoms with van der Waals surface area (Å²) in [5, 5.41) is 10.4. The smallest absolute Gasteiger partial charge is 0.133 e. The van der Waals surface area contributed by atoms with Crippen molar-refractivity contribution in [3.05, 3.63) is 0 Å². The number of hydrogen-bond donors (Lipinski definition) is 0. The lowest BCUT2D eigenvalue weighted by atomic mass is 10.3. The molecule has 68 valence electrons. The predicted molar refractivity (Wildman–Crippen MR) is 53.0 cm³/mol. The van der Waals surface area contributed by atoms with E-state index < -0.39 is 0 Å². The molecular weight excluding hydrogens is 168 g/mol. The largest absolute Gasteiger partial charge is 0.303 e. The van der Waals surface area contributed by atoms with E-state index in [4.69, 9.17) is 5.26 Å². The first-order chi connectivity index (χ1) is 5.93. The summed E-state index contributed by atoms with van der Waals surface area (Å²) in [6.07, 6.45) is 5.21. The van der Waals surface area contributed by atoms with Gasteiger partial charge in [0.2, 0.25) is 0 Å². The van der Waals surface area contributed by atoms with Crippen molar-refractivity contribution < 1.29 is 0 Å². The molecule has 0 saturated carbocycles. The first-order valence-electron chi connectivity index (χ1n) is 4.67. The van der Waals surface area contributed by atoms with Gasteiger partial charge in [0.15, 0.2) is 0 Å². The maximum absolute atomic E-state index is 8.28. The number of thiocyanates is 1. The second-order valence-corrected chi connectivity index (χ2v) is 4.08. The summed E-state index contributed by atoms with van der Waals surface area (Å²) in [5.74, 6) is 1.00. The molecular formula is C9H16N2S. The van der Waals surface area contributed by atoms with E-state index in [2.05, 4.69) is 10.3 Å². The Morgan fingerprint density at radius 1 is 1.25 bits per heavy atom. The molecule has 0 radical (unpaired) electrons. The average molecular weight is 184 g/mol. The van der Waals surface area contributed by atoms with Gasteiger partial charge >= 0.3 is 0 Å². The second kappa shape index (κ2) is 6.33. The summed E-state index contributed by atoms with van der Waals surface area (Å²) in [7, 11) is 0. The molecule has 3 heteroatoms. The van der Waals surface area contributed by atoms with Crippen LogP contribution in [0.2, 0.25) is 0 Å². The number of unbranched alkanes of at least 4 members (excludes halogenated alkanes) is 1. The molecule has 1 heterocycles. The Bertz CT molecular complexity index is 147. The van der Waals surface area contributed by atoms with E-state index in [1.165, 1.54) is 57.1 Å². The Kier molecular flexibility index (Phi) is 5.21. The molecule has 0 bridgehead atoms. The summed E-state index contributed by atoms with van der Waals surface area (Å²) in [4.78, 5) is 2.52. The molecule has 0 N–H and O–H groups in total. The summed E-state index contributed by atoms with van der Waals surface area (Å²) >= 11 is 1.38. The number of nitrogens with zero attached hydrogens (tertiary/aromatic N) is 2. The van der Waals surface area contributed by atoms with E-state index in [9.17, 15) is 0 Å². The zero-order chi connectivity index (χ0) is 8.65. The van der Waals surface area contributed by atoms with Crippen LogP contribution in [-0.2, 0) is 0 Å². The van der Waals surface area contributed by atoms with Crippen molar-refractivity contribution in [1.29, 1.82) is 5.26 Å². The molecule has 0 amide bonds. The normalized spacial score (nSPS) is 17.9. The Balaban J connectivity index is 1.85. The minimum absolute atomic E-state index is 1.00. The molecule has 1 saturated heterocycles. The lowest BCUT2D eigenvalue weighted by Crippen LogP contribution is -2.20. The summed E-state index contributed by atoms with van der Waals surface area (Å²) in [5.41, 5.74) is 0. The number of hydrogen-bond acceptors (Lipinski definition) is 3. The molecule has 0 aromatic rings. The van der Waals surface area contributed by atoms with Crippen LogP contribution >= 0.6 is 11.8 Å². The van der Waals surface area contributed by atoms with Crippen molar-refractivity contribution in [2.24, 2.45) is 0 Å². The van der Waals surface area contributed by atoms with Crippen molar-refractivity contribution in [1.82, 2.24) is 4.90 Å². The van der Waals surface area contributed by atoms with Crippen LogP contribution in [0.5, 0.6) is 0 Å². The van der Waals surface area contributed by atoms with Gasteiger partial charge in [-0.05, 0) is 57.1 Å². The highest BCUT2D eigenvalue weighted by molar-refractivity contribution is 8.03. The van der Waals surface area contributed by atoms with E-state index in [0.717, 1.165) is 5.75 Å². The Labute approximate surface area is 78.9 Å². The van der Waals surface area contributed by atoms with Crippen LogP contribution < -0.4 is 0 Å². The number of likely N-dealkylation sites (tertiary alicyclic amines) is 1. The summed E-state index contributed by atoms with van der Waals surface area (Å²) < 4.78 is 0. The zero-order valence-corrected chi connectivity index (χ0v) is 8.28. The van der Waals surface area contributed by atoms with Crippen LogP contribution in [0, 0.1) is 10.7 Å². The fraction of sp³-hybridized carbons (Fsp3) is 0.889. The van der Waals surface area contributed by atoms with Crippen molar-refractivity contribution in [2.45, 2.75) is 25.7 Å². The minimum atomic E-state index is 1.00. The van der Waals surface area contributed by atoms with Crippen LogP contribution in [0.3, 0.4) is 0 Å². The van der Waals surface area contributed by atoms with Gasteiger partial charge in [-0.3, -0.25) is 0 Å². The molecule has 0 unspecified atom stereocenters. The molecule has 0 aromatic carbocycles.